The molecule has 0 amide bonds. The first-order chi connectivity index (χ1) is 32.1. The first-order valence-electron chi connectivity index (χ1n) is 27.8. The number of rotatable bonds is 50. The molecule has 6 atom stereocenters. The van der Waals surface area contributed by atoms with Crippen molar-refractivity contribution in [2.45, 2.75) is 307 Å². The molecular weight excluding hydrogens is 861 g/mol. The topological polar surface area (TPSA) is 178 Å². The molecule has 1 saturated heterocycles. The van der Waals surface area contributed by atoms with Gasteiger partial charge >= 0.3 is 16.4 Å². The SMILES string of the molecule is CCCCCCCCCCCCCCCCCCCCCCCCCCCC(=O)OC(COCCCCCCCCCCCCCCCC)COC1OC(CO)C(O)C(OS(=O)(=O)O)C1O. The molecule has 394 valence electrons. The quantitative estimate of drug-likeness (QED) is 0.0258. The van der Waals surface area contributed by atoms with Gasteiger partial charge in [-0.25, -0.2) is 4.18 Å². The second-order valence-corrected chi connectivity index (χ2v) is 20.6. The number of hydrogen-bond donors (Lipinski definition) is 4. The second-order valence-electron chi connectivity index (χ2n) is 19.5. The van der Waals surface area contributed by atoms with Gasteiger partial charge in [-0.2, -0.15) is 8.42 Å². The summed E-state index contributed by atoms with van der Waals surface area (Å²) in [6.07, 6.45) is 41.5. The fourth-order valence-electron chi connectivity index (χ4n) is 9.03. The van der Waals surface area contributed by atoms with Crippen molar-refractivity contribution < 1.29 is 56.2 Å². The average molecular weight is 965 g/mol. The van der Waals surface area contributed by atoms with Crippen molar-refractivity contribution in [2.75, 3.05) is 26.4 Å². The van der Waals surface area contributed by atoms with Gasteiger partial charge in [0.1, 0.15) is 30.5 Å². The molecule has 1 heterocycles. The smallest absolute Gasteiger partial charge is 0.397 e. The van der Waals surface area contributed by atoms with E-state index in [2.05, 4.69) is 18.0 Å². The minimum atomic E-state index is -5.06. The summed E-state index contributed by atoms with van der Waals surface area (Å²) in [6, 6.07) is 0. The summed E-state index contributed by atoms with van der Waals surface area (Å²) >= 11 is 0. The highest BCUT2D eigenvalue weighted by molar-refractivity contribution is 7.80. The average Bonchev–Trinajstić information content (AvgIpc) is 3.29. The number of unbranched alkanes of at least 4 members (excludes halogenated alkanes) is 37. The van der Waals surface area contributed by atoms with Gasteiger partial charge in [0.2, 0.25) is 0 Å². The van der Waals surface area contributed by atoms with Crippen LogP contribution in [0.3, 0.4) is 0 Å². The van der Waals surface area contributed by atoms with Gasteiger partial charge in [0, 0.05) is 13.0 Å². The molecule has 0 aliphatic carbocycles. The number of hydrogen-bond acceptors (Lipinski definition) is 11. The van der Waals surface area contributed by atoms with Crippen LogP contribution in [-0.4, -0.2) is 97.5 Å². The molecule has 6 unspecified atom stereocenters. The molecule has 0 aromatic heterocycles. The molecule has 0 spiro atoms. The monoisotopic (exact) mass is 965 g/mol. The van der Waals surface area contributed by atoms with Crippen LogP contribution in [0.4, 0.5) is 0 Å². The number of carbonyl (C=O) groups is 1. The Bertz CT molecular complexity index is 1160. The highest BCUT2D eigenvalue weighted by Gasteiger charge is 2.48. The van der Waals surface area contributed by atoms with Crippen LogP contribution in [0.1, 0.15) is 271 Å². The molecule has 0 bridgehead atoms. The molecule has 12 nitrogen and oxygen atoms in total. The van der Waals surface area contributed by atoms with Gasteiger partial charge in [-0.15, -0.1) is 0 Å². The van der Waals surface area contributed by atoms with Gasteiger partial charge in [-0.1, -0.05) is 251 Å². The summed E-state index contributed by atoms with van der Waals surface area (Å²) in [4.78, 5) is 12.9. The highest BCUT2D eigenvalue weighted by atomic mass is 32.3. The van der Waals surface area contributed by atoms with Crippen LogP contribution in [0.15, 0.2) is 0 Å². The van der Waals surface area contributed by atoms with Crippen molar-refractivity contribution in [3.63, 3.8) is 0 Å². The Labute approximate surface area is 405 Å². The van der Waals surface area contributed by atoms with Crippen molar-refractivity contribution in [2.24, 2.45) is 0 Å². The van der Waals surface area contributed by atoms with E-state index in [1.807, 2.05) is 0 Å². The third-order valence-electron chi connectivity index (χ3n) is 13.2. The molecule has 1 aliphatic heterocycles. The minimum absolute atomic E-state index is 0.0451. The Morgan fingerprint density at radius 1 is 0.515 bits per heavy atom. The van der Waals surface area contributed by atoms with Crippen molar-refractivity contribution >= 4 is 16.4 Å². The molecule has 13 heteroatoms. The van der Waals surface area contributed by atoms with Crippen LogP contribution < -0.4 is 0 Å². The minimum Gasteiger partial charge on any atom is -0.457 e. The fourth-order valence-corrected chi connectivity index (χ4v) is 9.54. The zero-order chi connectivity index (χ0) is 48.2. The number of ether oxygens (including phenoxy) is 4. The van der Waals surface area contributed by atoms with Crippen molar-refractivity contribution in [3.05, 3.63) is 0 Å². The fraction of sp³-hybridized carbons (Fsp3) is 0.981. The largest absolute Gasteiger partial charge is 0.457 e. The maximum Gasteiger partial charge on any atom is 0.397 e. The van der Waals surface area contributed by atoms with E-state index in [4.69, 9.17) is 18.9 Å². The predicted octanol–water partition coefficient (Wildman–Crippen LogP) is 13.2. The van der Waals surface area contributed by atoms with E-state index in [-0.39, 0.29) is 25.6 Å². The zero-order valence-corrected chi connectivity index (χ0v) is 43.4. The highest BCUT2D eigenvalue weighted by Crippen LogP contribution is 2.26. The summed E-state index contributed by atoms with van der Waals surface area (Å²) in [6.45, 7) is 4.06. The normalized spacial score (nSPS) is 19.4. The van der Waals surface area contributed by atoms with E-state index in [9.17, 15) is 33.1 Å². The molecule has 4 N–H and O–H groups in total. The van der Waals surface area contributed by atoms with Gasteiger partial charge in [0.15, 0.2) is 6.29 Å². The van der Waals surface area contributed by atoms with E-state index >= 15 is 0 Å². The number of esters is 1. The number of aliphatic hydroxyl groups excluding tert-OH is 3. The maximum atomic E-state index is 12.9. The molecule has 66 heavy (non-hydrogen) atoms. The Morgan fingerprint density at radius 3 is 1.21 bits per heavy atom. The lowest BCUT2D eigenvalue weighted by atomic mass is 9.99. The molecular formula is C53H104O12S. The summed E-state index contributed by atoms with van der Waals surface area (Å²) in [5.74, 6) is -0.390. The first kappa shape index (κ1) is 63.1. The van der Waals surface area contributed by atoms with Gasteiger partial charge in [0.05, 0.1) is 19.8 Å². The lowest BCUT2D eigenvalue weighted by molar-refractivity contribution is -0.301. The summed E-state index contributed by atoms with van der Waals surface area (Å²) in [5, 5.41) is 30.8. The number of aliphatic hydroxyl groups is 3. The van der Waals surface area contributed by atoms with Crippen LogP contribution in [-0.2, 0) is 38.3 Å². The van der Waals surface area contributed by atoms with Crippen molar-refractivity contribution in [1.29, 1.82) is 0 Å². The predicted molar refractivity (Wildman–Crippen MR) is 267 cm³/mol. The Balaban J connectivity index is 2.26. The van der Waals surface area contributed by atoms with Crippen LogP contribution >= 0.6 is 0 Å². The van der Waals surface area contributed by atoms with E-state index in [0.29, 0.717) is 13.0 Å². The standard InChI is InChI=1S/C53H104O12S/c1-3-5-7-9-11-13-15-17-19-20-21-22-23-24-25-26-27-28-29-30-32-34-36-38-40-42-49(55)63-47(45-61-43-41-39-37-35-33-31-18-16-14-12-10-8-6-4-2)46-62-53-51(57)52(65-66(58,59)60)50(56)48(44-54)64-53/h47-48,50-54,56-57H,3-46H2,1-2H3,(H,58,59,60). The van der Waals surface area contributed by atoms with E-state index in [1.54, 1.807) is 0 Å². The van der Waals surface area contributed by atoms with Crippen LogP contribution in [0, 0.1) is 0 Å². The molecule has 0 aromatic rings. The molecule has 1 aliphatic rings. The Kier molecular flexibility index (Phi) is 43.3. The number of carbonyl (C=O) groups excluding carboxylic acids is 1. The Hall–Kier alpha value is -0.900. The second kappa shape index (κ2) is 45.3. The molecule has 0 saturated carbocycles. The lowest BCUT2D eigenvalue weighted by Gasteiger charge is -2.41. The summed E-state index contributed by atoms with van der Waals surface area (Å²) < 4.78 is 59.3. The lowest BCUT2D eigenvalue weighted by Crippen LogP contribution is -2.60. The van der Waals surface area contributed by atoms with E-state index in [1.165, 1.54) is 205 Å². The van der Waals surface area contributed by atoms with Gasteiger partial charge < -0.3 is 34.3 Å². The Morgan fingerprint density at radius 2 is 0.864 bits per heavy atom. The third kappa shape index (κ3) is 37.9. The molecule has 1 fully saturated rings. The zero-order valence-electron chi connectivity index (χ0n) is 42.5. The molecule has 0 radical (unpaired) electrons. The van der Waals surface area contributed by atoms with Crippen molar-refractivity contribution in [3.8, 4) is 0 Å². The maximum absolute atomic E-state index is 12.9. The molecule has 1 rings (SSSR count). The first-order valence-corrected chi connectivity index (χ1v) is 29.2. The van der Waals surface area contributed by atoms with Crippen LogP contribution in [0.25, 0.3) is 0 Å². The van der Waals surface area contributed by atoms with Crippen molar-refractivity contribution in [1.82, 2.24) is 0 Å². The van der Waals surface area contributed by atoms with Gasteiger partial charge in [-0.05, 0) is 12.8 Å². The van der Waals surface area contributed by atoms with Gasteiger partial charge in [0.25, 0.3) is 0 Å². The summed E-state index contributed by atoms with van der Waals surface area (Å²) in [7, 11) is -5.06. The van der Waals surface area contributed by atoms with E-state index < -0.39 is 53.8 Å². The van der Waals surface area contributed by atoms with Gasteiger partial charge in [-0.3, -0.25) is 9.35 Å². The van der Waals surface area contributed by atoms with E-state index in [0.717, 1.165) is 38.5 Å². The van der Waals surface area contributed by atoms with Crippen LogP contribution in [0.5, 0.6) is 0 Å². The van der Waals surface area contributed by atoms with Crippen LogP contribution in [0.2, 0.25) is 0 Å². The third-order valence-corrected chi connectivity index (χ3v) is 13.7. The molecule has 0 aromatic carbocycles. The summed E-state index contributed by atoms with van der Waals surface area (Å²) in [5.41, 5.74) is 0.